The van der Waals surface area contributed by atoms with Crippen molar-refractivity contribution in [3.8, 4) is 11.5 Å². The molecular formula is C11H13BrN4O2. The Morgan fingerprint density at radius 2 is 2.17 bits per heavy atom. The predicted octanol–water partition coefficient (Wildman–Crippen LogP) is 1.69. The number of ether oxygens (including phenoxy) is 2. The molecule has 6 nitrogen and oxygen atoms in total. The lowest BCUT2D eigenvalue weighted by Gasteiger charge is -2.10. The van der Waals surface area contributed by atoms with Crippen LogP contribution in [0.2, 0.25) is 0 Å². The van der Waals surface area contributed by atoms with E-state index in [4.69, 9.17) is 9.47 Å². The summed E-state index contributed by atoms with van der Waals surface area (Å²) in [5.41, 5.74) is 1.11. The van der Waals surface area contributed by atoms with E-state index in [1.54, 1.807) is 14.2 Å². The van der Waals surface area contributed by atoms with Gasteiger partial charge in [-0.3, -0.25) is 0 Å². The van der Waals surface area contributed by atoms with Crippen LogP contribution in [0.3, 0.4) is 0 Å². The number of halogens is 1. The van der Waals surface area contributed by atoms with Crippen LogP contribution in [0, 0.1) is 0 Å². The Morgan fingerprint density at radius 1 is 1.33 bits per heavy atom. The van der Waals surface area contributed by atoms with Gasteiger partial charge in [-0.25, -0.2) is 0 Å². The molecule has 0 radical (unpaired) electrons. The highest BCUT2D eigenvalue weighted by molar-refractivity contribution is 9.08. The molecule has 1 heterocycles. The summed E-state index contributed by atoms with van der Waals surface area (Å²) in [6.07, 6.45) is 0. The molecule has 0 atom stereocenters. The molecule has 7 heteroatoms. The maximum absolute atomic E-state index is 5.65. The van der Waals surface area contributed by atoms with Crippen molar-refractivity contribution in [3.63, 3.8) is 0 Å². The van der Waals surface area contributed by atoms with Crippen molar-refractivity contribution >= 4 is 15.9 Å². The zero-order chi connectivity index (χ0) is 13.0. The van der Waals surface area contributed by atoms with Gasteiger partial charge in [0.05, 0.1) is 14.2 Å². The first-order valence-electron chi connectivity index (χ1n) is 5.31. The Bertz CT molecular complexity index is 530. The fourth-order valence-electron chi connectivity index (χ4n) is 1.44. The Kier molecular flexibility index (Phi) is 4.14. The van der Waals surface area contributed by atoms with Gasteiger partial charge in [0.25, 0.3) is 0 Å². The van der Waals surface area contributed by atoms with Crippen molar-refractivity contribution in [2.75, 3.05) is 7.11 Å². The summed E-state index contributed by atoms with van der Waals surface area (Å²) >= 11 is 3.40. The maximum atomic E-state index is 5.65. The third kappa shape index (κ3) is 2.98. The number of rotatable bonds is 5. The summed E-state index contributed by atoms with van der Waals surface area (Å²) in [4.78, 5) is 1.39. The van der Waals surface area contributed by atoms with E-state index in [1.807, 2.05) is 18.2 Å². The van der Waals surface area contributed by atoms with Gasteiger partial charge in [-0.2, -0.15) is 4.80 Å². The minimum atomic E-state index is 0.260. The maximum Gasteiger partial charge on any atom is 0.212 e. The molecule has 0 fully saturated rings. The van der Waals surface area contributed by atoms with Crippen molar-refractivity contribution < 1.29 is 9.47 Å². The highest BCUT2D eigenvalue weighted by Crippen LogP contribution is 2.29. The first-order valence-corrected chi connectivity index (χ1v) is 6.43. The van der Waals surface area contributed by atoms with Gasteiger partial charge in [0.15, 0.2) is 18.1 Å². The molecule has 0 bridgehead atoms. The first kappa shape index (κ1) is 12.8. The van der Waals surface area contributed by atoms with Crippen LogP contribution in [0.5, 0.6) is 11.5 Å². The molecule has 96 valence electrons. The van der Waals surface area contributed by atoms with E-state index in [0.717, 1.165) is 10.9 Å². The van der Waals surface area contributed by atoms with Crippen molar-refractivity contribution in [2.24, 2.45) is 7.05 Å². The summed E-state index contributed by atoms with van der Waals surface area (Å²) in [6, 6.07) is 5.76. The summed E-state index contributed by atoms with van der Waals surface area (Å²) < 4.78 is 10.9. The third-order valence-corrected chi connectivity index (χ3v) is 2.94. The Morgan fingerprint density at radius 3 is 2.78 bits per heavy atom. The molecule has 2 rings (SSSR count). The highest BCUT2D eigenvalue weighted by atomic mass is 79.9. The van der Waals surface area contributed by atoms with Gasteiger partial charge in [0.1, 0.15) is 0 Å². The minimum Gasteiger partial charge on any atom is -0.493 e. The first-order chi connectivity index (χ1) is 8.72. The second kappa shape index (κ2) is 5.81. The summed E-state index contributed by atoms with van der Waals surface area (Å²) in [6.45, 7) is 0.260. The van der Waals surface area contributed by atoms with E-state index in [-0.39, 0.29) is 6.61 Å². The minimum absolute atomic E-state index is 0.260. The third-order valence-electron chi connectivity index (χ3n) is 2.29. The Hall–Kier alpha value is -1.63. The fourth-order valence-corrected chi connectivity index (χ4v) is 1.79. The smallest absolute Gasteiger partial charge is 0.212 e. The van der Waals surface area contributed by atoms with Gasteiger partial charge in [-0.1, -0.05) is 22.0 Å². The van der Waals surface area contributed by atoms with E-state index < -0.39 is 0 Å². The van der Waals surface area contributed by atoms with Gasteiger partial charge in [-0.05, 0) is 22.9 Å². The number of alkyl halides is 1. The molecule has 18 heavy (non-hydrogen) atoms. The average molecular weight is 313 g/mol. The molecule has 0 N–H and O–H groups in total. The van der Waals surface area contributed by atoms with Crippen molar-refractivity contribution in [1.82, 2.24) is 20.2 Å². The number of hydrogen-bond acceptors (Lipinski definition) is 5. The number of aromatic nitrogens is 4. The lowest BCUT2D eigenvalue weighted by atomic mass is 10.2. The fraction of sp³-hybridized carbons (Fsp3) is 0.364. The summed E-state index contributed by atoms with van der Waals surface area (Å²) in [7, 11) is 3.32. The van der Waals surface area contributed by atoms with E-state index >= 15 is 0 Å². The van der Waals surface area contributed by atoms with Crippen LogP contribution >= 0.6 is 15.9 Å². The van der Waals surface area contributed by atoms with Crippen LogP contribution in [0.1, 0.15) is 11.4 Å². The van der Waals surface area contributed by atoms with E-state index in [9.17, 15) is 0 Å². The molecule has 0 amide bonds. The van der Waals surface area contributed by atoms with Gasteiger partial charge in [-0.15, -0.1) is 10.2 Å². The number of tetrazole rings is 1. The molecule has 1 aromatic carbocycles. The zero-order valence-corrected chi connectivity index (χ0v) is 11.7. The number of methoxy groups -OCH3 is 1. The molecule has 0 aliphatic heterocycles. The number of hydrogen-bond donors (Lipinski definition) is 0. The standard InChI is InChI=1S/C11H13BrN4O2/c1-16-14-11(13-15-16)7-18-10-5-8(6-12)3-4-9(10)17-2/h3-5H,6-7H2,1-2H3. The monoisotopic (exact) mass is 312 g/mol. The van der Waals surface area contributed by atoms with E-state index in [0.29, 0.717) is 17.3 Å². The second-order valence-corrected chi connectivity index (χ2v) is 4.16. The Balaban J connectivity index is 2.11. The largest absolute Gasteiger partial charge is 0.493 e. The lowest BCUT2D eigenvalue weighted by molar-refractivity contribution is 0.275. The topological polar surface area (TPSA) is 62.1 Å². The van der Waals surface area contributed by atoms with Crippen LogP contribution in [-0.4, -0.2) is 27.3 Å². The van der Waals surface area contributed by atoms with Crippen molar-refractivity contribution in [2.45, 2.75) is 11.9 Å². The molecule has 0 unspecified atom stereocenters. The predicted molar refractivity (Wildman–Crippen MR) is 68.8 cm³/mol. The van der Waals surface area contributed by atoms with Gasteiger partial charge in [0.2, 0.25) is 5.82 Å². The van der Waals surface area contributed by atoms with Crippen LogP contribution < -0.4 is 9.47 Å². The van der Waals surface area contributed by atoms with Crippen LogP contribution in [0.25, 0.3) is 0 Å². The van der Waals surface area contributed by atoms with Crippen LogP contribution in [-0.2, 0) is 19.0 Å². The normalized spacial score (nSPS) is 10.4. The second-order valence-electron chi connectivity index (χ2n) is 3.60. The lowest BCUT2D eigenvalue weighted by Crippen LogP contribution is -2.01. The quantitative estimate of drug-likeness (QED) is 0.786. The number of nitrogens with zero attached hydrogens (tertiary/aromatic N) is 4. The molecule has 0 aliphatic carbocycles. The average Bonchev–Trinajstić information content (AvgIpc) is 2.81. The van der Waals surface area contributed by atoms with Crippen molar-refractivity contribution in [1.29, 1.82) is 0 Å². The molecule has 2 aromatic rings. The molecular weight excluding hydrogens is 300 g/mol. The van der Waals surface area contributed by atoms with E-state index in [1.165, 1.54) is 4.80 Å². The van der Waals surface area contributed by atoms with Gasteiger partial charge >= 0.3 is 0 Å². The van der Waals surface area contributed by atoms with Crippen LogP contribution in [0.4, 0.5) is 0 Å². The van der Waals surface area contributed by atoms with Crippen LogP contribution in [0.15, 0.2) is 18.2 Å². The van der Waals surface area contributed by atoms with Gasteiger partial charge in [0, 0.05) is 5.33 Å². The molecule has 0 aliphatic rings. The molecule has 0 spiro atoms. The Labute approximate surface area is 113 Å². The van der Waals surface area contributed by atoms with E-state index in [2.05, 4.69) is 31.3 Å². The van der Waals surface area contributed by atoms with Crippen molar-refractivity contribution in [3.05, 3.63) is 29.6 Å². The van der Waals surface area contributed by atoms with Gasteiger partial charge < -0.3 is 9.47 Å². The molecule has 1 aromatic heterocycles. The number of aryl methyl sites for hydroxylation is 1. The SMILES string of the molecule is COc1ccc(CBr)cc1OCc1nnn(C)n1. The molecule has 0 saturated carbocycles. The number of benzene rings is 1. The zero-order valence-electron chi connectivity index (χ0n) is 10.1. The summed E-state index contributed by atoms with van der Waals surface area (Å²) in [5.74, 6) is 1.88. The summed E-state index contributed by atoms with van der Waals surface area (Å²) in [5, 5.41) is 12.4. The molecule has 0 saturated heterocycles. The highest BCUT2D eigenvalue weighted by Gasteiger charge is 2.08.